The Morgan fingerprint density at radius 3 is 2.42 bits per heavy atom. The second-order valence-electron chi connectivity index (χ2n) is 6.68. The smallest absolute Gasteiger partial charge is 0.121 e. The van der Waals surface area contributed by atoms with E-state index in [1.165, 1.54) is 5.56 Å². The van der Waals surface area contributed by atoms with Gasteiger partial charge in [0.15, 0.2) is 0 Å². The van der Waals surface area contributed by atoms with Crippen LogP contribution in [-0.4, -0.2) is 19.3 Å². The van der Waals surface area contributed by atoms with Crippen molar-refractivity contribution in [2.24, 2.45) is 5.92 Å². The molecule has 0 saturated heterocycles. The van der Waals surface area contributed by atoms with Gasteiger partial charge >= 0.3 is 0 Å². The number of aryl methyl sites for hydroxylation is 1. The maximum Gasteiger partial charge on any atom is 0.121 e. The average Bonchev–Trinajstić information content (AvgIpc) is 2.55. The number of rotatable bonds is 9. The highest BCUT2D eigenvalue weighted by atomic mass is 16.5. The molecule has 0 spiro atoms. The first-order valence-electron chi connectivity index (χ1n) is 8.73. The van der Waals surface area contributed by atoms with Crippen molar-refractivity contribution < 1.29 is 9.47 Å². The van der Waals surface area contributed by atoms with Crippen LogP contribution in [0, 0.1) is 12.8 Å². The Morgan fingerprint density at radius 1 is 0.958 bits per heavy atom. The zero-order chi connectivity index (χ0) is 17.4. The topological polar surface area (TPSA) is 30.5 Å². The van der Waals surface area contributed by atoms with Gasteiger partial charge in [-0.3, -0.25) is 0 Å². The van der Waals surface area contributed by atoms with Crippen LogP contribution in [-0.2, 0) is 0 Å². The highest BCUT2D eigenvalue weighted by molar-refractivity contribution is 5.48. The normalized spacial score (nSPS) is 12.0. The highest BCUT2D eigenvalue weighted by Gasteiger charge is 2.05. The summed E-state index contributed by atoms with van der Waals surface area (Å²) >= 11 is 0. The summed E-state index contributed by atoms with van der Waals surface area (Å²) in [6.07, 6.45) is 1.15. The van der Waals surface area contributed by atoms with E-state index < -0.39 is 0 Å². The minimum Gasteiger partial charge on any atom is -0.494 e. The second kappa shape index (κ2) is 9.21. The van der Waals surface area contributed by atoms with Crippen molar-refractivity contribution in [1.82, 2.24) is 0 Å². The molecule has 24 heavy (non-hydrogen) atoms. The molecule has 2 aromatic carbocycles. The number of hydrogen-bond donors (Lipinski definition) is 1. The summed E-state index contributed by atoms with van der Waals surface area (Å²) in [7, 11) is 0. The lowest BCUT2D eigenvalue weighted by Crippen LogP contribution is -2.22. The Labute approximate surface area is 146 Å². The molecule has 0 aromatic heterocycles. The SMILES string of the molecule is Cc1ccc(OC(C)CNc2cccc(OCCC(C)C)c2)cc1. The molecule has 1 unspecified atom stereocenters. The third-order valence-electron chi connectivity index (χ3n) is 3.75. The minimum absolute atomic E-state index is 0.0817. The van der Waals surface area contributed by atoms with Crippen LogP contribution in [0.1, 0.15) is 32.8 Å². The molecule has 2 aromatic rings. The number of anilines is 1. The van der Waals surface area contributed by atoms with Crippen LogP contribution in [0.15, 0.2) is 48.5 Å². The van der Waals surface area contributed by atoms with E-state index in [4.69, 9.17) is 9.47 Å². The minimum atomic E-state index is 0.0817. The maximum atomic E-state index is 5.92. The van der Waals surface area contributed by atoms with Gasteiger partial charge in [-0.15, -0.1) is 0 Å². The molecule has 0 radical (unpaired) electrons. The zero-order valence-electron chi connectivity index (χ0n) is 15.2. The Morgan fingerprint density at radius 2 is 1.71 bits per heavy atom. The Kier molecular flexibility index (Phi) is 6.98. The van der Waals surface area contributed by atoms with Crippen molar-refractivity contribution in [3.8, 4) is 11.5 Å². The molecule has 3 nitrogen and oxygen atoms in total. The lowest BCUT2D eigenvalue weighted by molar-refractivity contribution is 0.234. The van der Waals surface area contributed by atoms with Crippen LogP contribution in [0.25, 0.3) is 0 Å². The van der Waals surface area contributed by atoms with Crippen LogP contribution in [0.4, 0.5) is 5.69 Å². The van der Waals surface area contributed by atoms with E-state index in [9.17, 15) is 0 Å². The van der Waals surface area contributed by atoms with Gasteiger partial charge in [-0.25, -0.2) is 0 Å². The Balaban J connectivity index is 1.79. The lowest BCUT2D eigenvalue weighted by atomic mass is 10.1. The fourth-order valence-electron chi connectivity index (χ4n) is 2.26. The van der Waals surface area contributed by atoms with Crippen molar-refractivity contribution >= 4 is 5.69 Å². The molecule has 0 aliphatic carbocycles. The summed E-state index contributed by atoms with van der Waals surface area (Å²) in [4.78, 5) is 0. The van der Waals surface area contributed by atoms with Gasteiger partial charge in [-0.1, -0.05) is 37.6 Å². The van der Waals surface area contributed by atoms with Gasteiger partial charge < -0.3 is 14.8 Å². The Hall–Kier alpha value is -2.16. The summed E-state index contributed by atoms with van der Waals surface area (Å²) in [5.41, 5.74) is 2.29. The zero-order valence-corrected chi connectivity index (χ0v) is 15.2. The monoisotopic (exact) mass is 327 g/mol. The molecule has 0 bridgehead atoms. The number of ether oxygens (including phenoxy) is 2. The van der Waals surface area contributed by atoms with E-state index >= 15 is 0 Å². The summed E-state index contributed by atoms with van der Waals surface area (Å²) in [5, 5.41) is 3.41. The summed E-state index contributed by atoms with van der Waals surface area (Å²) in [6.45, 7) is 10.0. The standard InChI is InChI=1S/C21H29NO2/c1-16(2)12-13-23-21-7-5-6-19(14-21)22-15-18(4)24-20-10-8-17(3)9-11-20/h5-11,14,16,18,22H,12-13,15H2,1-4H3. The lowest BCUT2D eigenvalue weighted by Gasteiger charge is -2.17. The van der Waals surface area contributed by atoms with Crippen LogP contribution in [0.3, 0.4) is 0 Å². The van der Waals surface area contributed by atoms with E-state index in [-0.39, 0.29) is 6.10 Å². The molecule has 2 rings (SSSR count). The quantitative estimate of drug-likeness (QED) is 0.678. The van der Waals surface area contributed by atoms with E-state index in [1.807, 2.05) is 36.4 Å². The van der Waals surface area contributed by atoms with Crippen LogP contribution in [0.2, 0.25) is 0 Å². The van der Waals surface area contributed by atoms with Crippen LogP contribution in [0.5, 0.6) is 11.5 Å². The molecule has 0 amide bonds. The van der Waals surface area contributed by atoms with Crippen LogP contribution < -0.4 is 14.8 Å². The first-order valence-corrected chi connectivity index (χ1v) is 8.73. The highest BCUT2D eigenvalue weighted by Crippen LogP contribution is 2.19. The first kappa shape index (κ1) is 18.2. The molecule has 1 atom stereocenters. The third kappa shape index (κ3) is 6.53. The molecular formula is C21H29NO2. The molecule has 0 saturated carbocycles. The maximum absolute atomic E-state index is 5.92. The van der Waals surface area contributed by atoms with E-state index in [0.29, 0.717) is 5.92 Å². The number of hydrogen-bond acceptors (Lipinski definition) is 3. The van der Waals surface area contributed by atoms with Gasteiger partial charge in [0.1, 0.15) is 17.6 Å². The molecule has 0 heterocycles. The van der Waals surface area contributed by atoms with Gasteiger partial charge in [-0.05, 0) is 50.5 Å². The molecule has 130 valence electrons. The van der Waals surface area contributed by atoms with E-state index in [0.717, 1.165) is 36.8 Å². The van der Waals surface area contributed by atoms with Crippen molar-refractivity contribution in [1.29, 1.82) is 0 Å². The fraction of sp³-hybridized carbons (Fsp3) is 0.429. The molecule has 3 heteroatoms. The van der Waals surface area contributed by atoms with E-state index in [2.05, 4.69) is 45.1 Å². The van der Waals surface area contributed by atoms with Crippen LogP contribution >= 0.6 is 0 Å². The van der Waals surface area contributed by atoms with Crippen molar-refractivity contribution in [2.75, 3.05) is 18.5 Å². The van der Waals surface area contributed by atoms with Crippen molar-refractivity contribution in [3.05, 3.63) is 54.1 Å². The van der Waals surface area contributed by atoms with Gasteiger partial charge in [0.2, 0.25) is 0 Å². The fourth-order valence-corrected chi connectivity index (χ4v) is 2.26. The predicted molar refractivity (Wildman–Crippen MR) is 101 cm³/mol. The van der Waals surface area contributed by atoms with Gasteiger partial charge in [-0.2, -0.15) is 0 Å². The number of benzene rings is 2. The predicted octanol–water partition coefficient (Wildman–Crippen LogP) is 5.30. The Bertz CT molecular complexity index is 607. The average molecular weight is 327 g/mol. The van der Waals surface area contributed by atoms with Gasteiger partial charge in [0.25, 0.3) is 0 Å². The molecule has 1 N–H and O–H groups in total. The number of nitrogens with one attached hydrogen (secondary N) is 1. The third-order valence-corrected chi connectivity index (χ3v) is 3.75. The largest absolute Gasteiger partial charge is 0.494 e. The van der Waals surface area contributed by atoms with Crippen molar-refractivity contribution in [2.45, 2.75) is 40.2 Å². The summed E-state index contributed by atoms with van der Waals surface area (Å²) in [5.74, 6) is 2.47. The summed E-state index contributed by atoms with van der Waals surface area (Å²) in [6, 6.07) is 16.2. The van der Waals surface area contributed by atoms with Crippen molar-refractivity contribution in [3.63, 3.8) is 0 Å². The first-order chi connectivity index (χ1) is 11.5. The molecule has 0 fully saturated rings. The molecule has 0 aliphatic rings. The second-order valence-corrected chi connectivity index (χ2v) is 6.68. The molecular weight excluding hydrogens is 298 g/mol. The van der Waals surface area contributed by atoms with Gasteiger partial charge in [0, 0.05) is 11.8 Å². The van der Waals surface area contributed by atoms with E-state index in [1.54, 1.807) is 0 Å². The van der Waals surface area contributed by atoms with Gasteiger partial charge in [0.05, 0.1) is 13.2 Å². The summed E-state index contributed by atoms with van der Waals surface area (Å²) < 4.78 is 11.7. The molecule has 0 aliphatic heterocycles.